The van der Waals surface area contributed by atoms with Crippen LogP contribution in [0.15, 0.2) is 24.3 Å². The van der Waals surface area contributed by atoms with E-state index < -0.39 is 24.5 Å². The van der Waals surface area contributed by atoms with Gasteiger partial charge in [0, 0.05) is 18.2 Å². The number of carbonyl (C=O) groups excluding carboxylic acids is 4. The number of hydrogen-bond acceptors (Lipinski definition) is 6. The van der Waals surface area contributed by atoms with Crippen LogP contribution in [-0.2, 0) is 23.9 Å². The van der Waals surface area contributed by atoms with Gasteiger partial charge in [-0.3, -0.25) is 14.4 Å². The van der Waals surface area contributed by atoms with Crippen molar-refractivity contribution < 1.29 is 28.7 Å². The van der Waals surface area contributed by atoms with E-state index in [2.05, 4.69) is 10.6 Å². The van der Waals surface area contributed by atoms with Crippen molar-refractivity contribution in [3.05, 3.63) is 29.8 Å². The molecule has 164 valence electrons. The van der Waals surface area contributed by atoms with Crippen LogP contribution in [-0.4, -0.2) is 43.0 Å². The van der Waals surface area contributed by atoms with E-state index in [0.29, 0.717) is 17.9 Å². The Morgan fingerprint density at radius 1 is 0.933 bits per heavy atom. The number of rotatable bonds is 10. The van der Waals surface area contributed by atoms with Gasteiger partial charge in [0.25, 0.3) is 5.91 Å². The van der Waals surface area contributed by atoms with Gasteiger partial charge in [0.15, 0.2) is 6.61 Å². The van der Waals surface area contributed by atoms with E-state index in [1.807, 2.05) is 6.92 Å². The minimum absolute atomic E-state index is 0.0482. The summed E-state index contributed by atoms with van der Waals surface area (Å²) >= 11 is 0. The first-order chi connectivity index (χ1) is 14.5. The maximum atomic E-state index is 11.9. The van der Waals surface area contributed by atoms with Gasteiger partial charge in [-0.05, 0) is 43.5 Å². The molecule has 0 unspecified atom stereocenters. The van der Waals surface area contributed by atoms with Crippen molar-refractivity contribution in [3.63, 3.8) is 0 Å². The highest BCUT2D eigenvalue weighted by Gasteiger charge is 2.17. The van der Waals surface area contributed by atoms with Crippen LogP contribution >= 0.6 is 0 Å². The summed E-state index contributed by atoms with van der Waals surface area (Å²) in [6, 6.07) is 6.43. The Hall–Kier alpha value is -2.90. The molecule has 1 aliphatic carbocycles. The fraction of sp³-hybridized carbons (Fsp3) is 0.545. The molecule has 1 saturated carbocycles. The van der Waals surface area contributed by atoms with Crippen molar-refractivity contribution >= 4 is 29.4 Å². The predicted molar refractivity (Wildman–Crippen MR) is 111 cm³/mol. The topological polar surface area (TPSA) is 111 Å². The van der Waals surface area contributed by atoms with Crippen molar-refractivity contribution in [3.8, 4) is 0 Å². The summed E-state index contributed by atoms with van der Waals surface area (Å²) in [6.07, 6.45) is 6.13. The van der Waals surface area contributed by atoms with Crippen LogP contribution in [0.1, 0.15) is 68.6 Å². The summed E-state index contributed by atoms with van der Waals surface area (Å²) in [5, 5.41) is 5.51. The number of anilines is 1. The fourth-order valence-corrected chi connectivity index (χ4v) is 3.15. The van der Waals surface area contributed by atoms with E-state index in [0.717, 1.165) is 32.1 Å². The van der Waals surface area contributed by atoms with Gasteiger partial charge in [-0.1, -0.05) is 26.2 Å². The van der Waals surface area contributed by atoms with Gasteiger partial charge in [-0.2, -0.15) is 0 Å². The zero-order valence-electron chi connectivity index (χ0n) is 17.4. The van der Waals surface area contributed by atoms with E-state index in [-0.39, 0.29) is 24.8 Å². The minimum Gasteiger partial charge on any atom is -0.462 e. The molecule has 0 spiro atoms. The predicted octanol–water partition coefficient (Wildman–Crippen LogP) is 2.96. The molecule has 1 aromatic rings. The number of amides is 2. The number of esters is 2. The van der Waals surface area contributed by atoms with E-state index in [4.69, 9.17) is 9.47 Å². The first-order valence-electron chi connectivity index (χ1n) is 10.5. The number of nitrogens with one attached hydrogen (secondary N) is 2. The third-order valence-corrected chi connectivity index (χ3v) is 4.73. The summed E-state index contributed by atoms with van der Waals surface area (Å²) in [6.45, 7) is 1.82. The first kappa shape index (κ1) is 23.4. The van der Waals surface area contributed by atoms with Crippen molar-refractivity contribution in [1.82, 2.24) is 5.32 Å². The Morgan fingerprint density at radius 3 is 2.30 bits per heavy atom. The Kier molecular flexibility index (Phi) is 9.83. The smallest absolute Gasteiger partial charge is 0.338 e. The van der Waals surface area contributed by atoms with Crippen LogP contribution in [0.5, 0.6) is 0 Å². The second kappa shape index (κ2) is 12.6. The zero-order valence-corrected chi connectivity index (χ0v) is 17.4. The van der Waals surface area contributed by atoms with Gasteiger partial charge >= 0.3 is 11.9 Å². The molecule has 8 heteroatoms. The summed E-state index contributed by atoms with van der Waals surface area (Å²) < 4.78 is 9.95. The molecule has 8 nitrogen and oxygen atoms in total. The van der Waals surface area contributed by atoms with Crippen LogP contribution in [0.2, 0.25) is 0 Å². The molecule has 0 bridgehead atoms. The van der Waals surface area contributed by atoms with Crippen molar-refractivity contribution in [2.45, 2.75) is 64.3 Å². The van der Waals surface area contributed by atoms with Gasteiger partial charge in [0.1, 0.15) is 0 Å². The quantitative estimate of drug-likeness (QED) is 0.565. The van der Waals surface area contributed by atoms with Crippen LogP contribution < -0.4 is 10.6 Å². The molecule has 0 radical (unpaired) electrons. The lowest BCUT2D eigenvalue weighted by Crippen LogP contribution is -2.36. The fourth-order valence-electron chi connectivity index (χ4n) is 3.15. The normalized spacial score (nSPS) is 13.9. The van der Waals surface area contributed by atoms with Gasteiger partial charge in [0.05, 0.1) is 18.6 Å². The van der Waals surface area contributed by atoms with Gasteiger partial charge in [-0.15, -0.1) is 0 Å². The maximum Gasteiger partial charge on any atom is 0.338 e. The van der Waals surface area contributed by atoms with E-state index in [1.54, 1.807) is 24.3 Å². The molecule has 0 aromatic heterocycles. The SMILES string of the molecule is CCCOC(=O)c1ccc(NC(=O)COC(=O)CCC(=O)NC2CCCCC2)cc1. The summed E-state index contributed by atoms with van der Waals surface area (Å²) in [5.74, 6) is -1.69. The van der Waals surface area contributed by atoms with Crippen molar-refractivity contribution in [1.29, 1.82) is 0 Å². The highest BCUT2D eigenvalue weighted by molar-refractivity contribution is 5.94. The lowest BCUT2D eigenvalue weighted by molar-refractivity contribution is -0.148. The lowest BCUT2D eigenvalue weighted by Gasteiger charge is -2.22. The molecule has 1 fully saturated rings. The van der Waals surface area contributed by atoms with Crippen LogP contribution in [0.3, 0.4) is 0 Å². The summed E-state index contributed by atoms with van der Waals surface area (Å²) in [4.78, 5) is 47.3. The highest BCUT2D eigenvalue weighted by Crippen LogP contribution is 2.17. The Balaban J connectivity index is 1.64. The van der Waals surface area contributed by atoms with E-state index in [1.165, 1.54) is 6.42 Å². The Labute approximate surface area is 176 Å². The van der Waals surface area contributed by atoms with Crippen LogP contribution in [0.25, 0.3) is 0 Å². The molecule has 1 aliphatic rings. The second-order valence-corrected chi connectivity index (χ2v) is 7.32. The lowest BCUT2D eigenvalue weighted by atomic mass is 9.95. The molecule has 0 atom stereocenters. The monoisotopic (exact) mass is 418 g/mol. The van der Waals surface area contributed by atoms with Crippen molar-refractivity contribution in [2.24, 2.45) is 0 Å². The number of hydrogen-bond donors (Lipinski definition) is 2. The molecule has 0 heterocycles. The number of carbonyl (C=O) groups is 4. The summed E-state index contributed by atoms with van der Waals surface area (Å²) in [5.41, 5.74) is 0.856. The van der Waals surface area contributed by atoms with E-state index >= 15 is 0 Å². The molecule has 2 amide bonds. The molecular weight excluding hydrogens is 388 g/mol. The molecule has 0 aliphatic heterocycles. The van der Waals surface area contributed by atoms with Gasteiger partial charge in [-0.25, -0.2) is 4.79 Å². The molecule has 2 rings (SSSR count). The van der Waals surface area contributed by atoms with Crippen LogP contribution in [0, 0.1) is 0 Å². The third kappa shape index (κ3) is 8.63. The summed E-state index contributed by atoms with van der Waals surface area (Å²) in [7, 11) is 0. The molecule has 2 N–H and O–H groups in total. The molecule has 0 saturated heterocycles. The Morgan fingerprint density at radius 2 is 1.63 bits per heavy atom. The molecular formula is C22H30N2O6. The zero-order chi connectivity index (χ0) is 21.8. The van der Waals surface area contributed by atoms with E-state index in [9.17, 15) is 19.2 Å². The maximum absolute atomic E-state index is 11.9. The molecule has 30 heavy (non-hydrogen) atoms. The largest absolute Gasteiger partial charge is 0.462 e. The van der Waals surface area contributed by atoms with Gasteiger partial charge in [0.2, 0.25) is 5.91 Å². The Bertz CT molecular complexity index is 726. The number of ether oxygens (including phenoxy) is 2. The third-order valence-electron chi connectivity index (χ3n) is 4.73. The highest BCUT2D eigenvalue weighted by atomic mass is 16.5. The number of benzene rings is 1. The van der Waals surface area contributed by atoms with Gasteiger partial charge < -0.3 is 20.1 Å². The minimum atomic E-state index is -0.599. The standard InChI is InChI=1S/C22H30N2O6/c1-2-14-29-22(28)16-8-10-18(11-9-16)24-20(26)15-30-21(27)13-12-19(25)23-17-6-4-3-5-7-17/h8-11,17H,2-7,12-15H2,1H3,(H,23,25)(H,24,26). The first-order valence-corrected chi connectivity index (χ1v) is 10.5. The molecule has 1 aromatic carbocycles. The second-order valence-electron chi connectivity index (χ2n) is 7.32. The average Bonchev–Trinajstić information content (AvgIpc) is 2.76. The van der Waals surface area contributed by atoms with Crippen molar-refractivity contribution in [2.75, 3.05) is 18.5 Å². The van der Waals surface area contributed by atoms with Crippen LogP contribution in [0.4, 0.5) is 5.69 Å². The average molecular weight is 418 g/mol.